The van der Waals surface area contributed by atoms with Crippen molar-refractivity contribution in [2.75, 3.05) is 29.6 Å². The topological polar surface area (TPSA) is 76.9 Å². The van der Waals surface area contributed by atoms with Crippen LogP contribution in [-0.4, -0.2) is 47.8 Å². The highest BCUT2D eigenvalue weighted by Crippen LogP contribution is 2.41. The van der Waals surface area contributed by atoms with Crippen molar-refractivity contribution < 1.29 is 14.3 Å². The number of anilines is 2. The molecule has 2 heterocycles. The smallest absolute Gasteiger partial charge is 0.410 e. The maximum atomic E-state index is 13.8. The summed E-state index contributed by atoms with van der Waals surface area (Å²) in [6.07, 6.45) is 0.701. The molecule has 0 N–H and O–H groups in total. The molecule has 7 heteroatoms. The molecule has 0 unspecified atom stereocenters. The number of nitriles is 1. The lowest BCUT2D eigenvalue weighted by Crippen LogP contribution is -2.57. The fraction of sp³-hybridized carbons (Fsp3) is 0.400. The molecule has 2 saturated heterocycles. The molecule has 32 heavy (non-hydrogen) atoms. The number of likely N-dealkylation sites (tertiary alicyclic amines) is 1. The summed E-state index contributed by atoms with van der Waals surface area (Å²) in [5, 5.41) is 9.09. The van der Waals surface area contributed by atoms with E-state index >= 15 is 0 Å². The van der Waals surface area contributed by atoms with E-state index in [-0.39, 0.29) is 12.0 Å². The van der Waals surface area contributed by atoms with Crippen molar-refractivity contribution in [2.24, 2.45) is 0 Å². The first kappa shape index (κ1) is 21.7. The molecule has 2 aliphatic rings. The van der Waals surface area contributed by atoms with E-state index in [0.29, 0.717) is 38.2 Å². The average molecular weight is 433 g/mol. The van der Waals surface area contributed by atoms with Crippen LogP contribution in [0.25, 0.3) is 0 Å². The molecular weight excluding hydrogens is 404 g/mol. The Morgan fingerprint density at radius 3 is 2.19 bits per heavy atom. The van der Waals surface area contributed by atoms with Crippen molar-refractivity contribution in [3.8, 4) is 6.07 Å². The SMILES string of the molecule is CC(C)(C)OC(=O)N1CCC2(CC1)C(=O)N(c1ccc(C#N)cc1)CN2c1ccccc1. The normalized spacial score (nSPS) is 18.1. The minimum Gasteiger partial charge on any atom is -0.444 e. The molecule has 0 atom stereocenters. The first-order valence-corrected chi connectivity index (χ1v) is 10.9. The van der Waals surface area contributed by atoms with Gasteiger partial charge in [-0.2, -0.15) is 5.26 Å². The van der Waals surface area contributed by atoms with Gasteiger partial charge in [0.05, 0.1) is 18.3 Å². The van der Waals surface area contributed by atoms with Crippen LogP contribution in [0, 0.1) is 11.3 Å². The van der Waals surface area contributed by atoms with Gasteiger partial charge in [0, 0.05) is 24.5 Å². The number of carbonyl (C=O) groups excluding carboxylic acids is 2. The molecule has 7 nitrogen and oxygen atoms in total. The number of benzene rings is 2. The average Bonchev–Trinajstić information content (AvgIpc) is 3.05. The second-order valence-electron chi connectivity index (χ2n) is 9.30. The van der Waals surface area contributed by atoms with Gasteiger partial charge in [-0.05, 0) is 70.0 Å². The quantitative estimate of drug-likeness (QED) is 0.713. The maximum absolute atomic E-state index is 13.8. The summed E-state index contributed by atoms with van der Waals surface area (Å²) >= 11 is 0. The summed E-state index contributed by atoms with van der Waals surface area (Å²) in [6.45, 7) is 6.87. The Hall–Kier alpha value is -3.53. The van der Waals surface area contributed by atoms with Gasteiger partial charge in [-0.15, -0.1) is 0 Å². The Morgan fingerprint density at radius 2 is 1.62 bits per heavy atom. The van der Waals surface area contributed by atoms with Gasteiger partial charge in [0.15, 0.2) is 0 Å². The van der Waals surface area contributed by atoms with Gasteiger partial charge < -0.3 is 14.5 Å². The predicted octanol–water partition coefficient (Wildman–Crippen LogP) is 4.14. The second-order valence-corrected chi connectivity index (χ2v) is 9.30. The highest BCUT2D eigenvalue weighted by Gasteiger charge is 2.54. The molecule has 2 aromatic rings. The van der Waals surface area contributed by atoms with Gasteiger partial charge >= 0.3 is 6.09 Å². The van der Waals surface area contributed by atoms with Crippen LogP contribution in [0.2, 0.25) is 0 Å². The number of carbonyl (C=O) groups is 2. The van der Waals surface area contributed by atoms with E-state index in [4.69, 9.17) is 10.00 Å². The second kappa shape index (κ2) is 8.19. The number of piperidine rings is 1. The molecule has 0 saturated carbocycles. The van der Waals surface area contributed by atoms with Gasteiger partial charge in [-0.25, -0.2) is 4.79 Å². The van der Waals surface area contributed by atoms with Gasteiger partial charge in [-0.3, -0.25) is 9.69 Å². The van der Waals surface area contributed by atoms with Crippen molar-refractivity contribution in [1.29, 1.82) is 5.26 Å². The molecule has 2 amide bonds. The van der Waals surface area contributed by atoms with E-state index < -0.39 is 11.1 Å². The Balaban J connectivity index is 1.62. The summed E-state index contributed by atoms with van der Waals surface area (Å²) in [7, 11) is 0. The Bertz CT molecular complexity index is 1030. The highest BCUT2D eigenvalue weighted by atomic mass is 16.6. The van der Waals surface area contributed by atoms with Gasteiger partial charge in [-0.1, -0.05) is 18.2 Å². The van der Waals surface area contributed by atoms with E-state index in [2.05, 4.69) is 11.0 Å². The zero-order valence-corrected chi connectivity index (χ0v) is 18.7. The van der Waals surface area contributed by atoms with E-state index in [0.717, 1.165) is 11.4 Å². The van der Waals surface area contributed by atoms with Crippen LogP contribution in [-0.2, 0) is 9.53 Å². The minimum absolute atomic E-state index is 0.0231. The Morgan fingerprint density at radius 1 is 1.00 bits per heavy atom. The molecule has 4 rings (SSSR count). The van der Waals surface area contributed by atoms with Crippen LogP contribution in [0.4, 0.5) is 16.2 Å². The molecule has 1 spiro atoms. The molecule has 0 bridgehead atoms. The lowest BCUT2D eigenvalue weighted by molar-refractivity contribution is -0.123. The van der Waals surface area contributed by atoms with Crippen molar-refractivity contribution in [1.82, 2.24) is 4.90 Å². The molecule has 2 aromatic carbocycles. The van der Waals surface area contributed by atoms with Crippen molar-refractivity contribution in [3.63, 3.8) is 0 Å². The first-order chi connectivity index (χ1) is 15.2. The number of nitrogens with zero attached hydrogens (tertiary/aromatic N) is 4. The molecule has 166 valence electrons. The minimum atomic E-state index is -0.728. The highest BCUT2D eigenvalue weighted by molar-refractivity contribution is 6.06. The number of hydrogen-bond acceptors (Lipinski definition) is 5. The van der Waals surface area contributed by atoms with Crippen molar-refractivity contribution in [2.45, 2.75) is 44.8 Å². The lowest BCUT2D eigenvalue weighted by atomic mass is 9.85. The van der Waals surface area contributed by atoms with Crippen molar-refractivity contribution in [3.05, 3.63) is 60.2 Å². The van der Waals surface area contributed by atoms with Crippen LogP contribution in [0.5, 0.6) is 0 Å². The van der Waals surface area contributed by atoms with Crippen LogP contribution < -0.4 is 9.80 Å². The Kier molecular flexibility index (Phi) is 5.55. The van der Waals surface area contributed by atoms with Crippen LogP contribution >= 0.6 is 0 Å². The van der Waals surface area contributed by atoms with Crippen molar-refractivity contribution >= 4 is 23.4 Å². The standard InChI is InChI=1S/C25H28N4O3/c1-24(2,3)32-23(31)27-15-13-25(14-16-27)22(30)28(20-11-9-19(17-26)10-12-20)18-29(25)21-7-5-4-6-8-21/h4-12H,13-16,18H2,1-3H3. The van der Waals surface area contributed by atoms with E-state index in [9.17, 15) is 9.59 Å². The van der Waals surface area contributed by atoms with E-state index in [1.807, 2.05) is 63.2 Å². The molecule has 0 aromatic heterocycles. The fourth-order valence-electron chi connectivity index (χ4n) is 4.43. The third-order valence-corrected chi connectivity index (χ3v) is 6.06. The molecule has 2 aliphatic heterocycles. The van der Waals surface area contributed by atoms with E-state index in [1.165, 1.54) is 0 Å². The number of hydrogen-bond donors (Lipinski definition) is 0. The third kappa shape index (κ3) is 4.01. The monoisotopic (exact) mass is 432 g/mol. The molecule has 2 fully saturated rings. The predicted molar refractivity (Wildman–Crippen MR) is 122 cm³/mol. The Labute approximate surface area is 188 Å². The van der Waals surface area contributed by atoms with Gasteiger partial charge in [0.1, 0.15) is 11.1 Å². The largest absolute Gasteiger partial charge is 0.444 e. The van der Waals surface area contributed by atoms with E-state index in [1.54, 1.807) is 21.9 Å². The molecular formula is C25H28N4O3. The maximum Gasteiger partial charge on any atom is 0.410 e. The van der Waals surface area contributed by atoms with Crippen LogP contribution in [0.3, 0.4) is 0 Å². The van der Waals surface area contributed by atoms with Gasteiger partial charge in [0.25, 0.3) is 5.91 Å². The number of amides is 2. The summed E-state index contributed by atoms with van der Waals surface area (Å²) in [6, 6.07) is 19.1. The number of ether oxygens (including phenoxy) is 1. The fourth-order valence-corrected chi connectivity index (χ4v) is 4.43. The number of rotatable bonds is 2. The lowest BCUT2D eigenvalue weighted by Gasteiger charge is -2.43. The van der Waals surface area contributed by atoms with Gasteiger partial charge in [0.2, 0.25) is 0 Å². The van der Waals surface area contributed by atoms with Crippen LogP contribution in [0.1, 0.15) is 39.2 Å². The first-order valence-electron chi connectivity index (χ1n) is 10.9. The zero-order chi connectivity index (χ0) is 22.9. The van der Waals surface area contributed by atoms with Crippen LogP contribution in [0.15, 0.2) is 54.6 Å². The summed E-state index contributed by atoms with van der Waals surface area (Å²) in [5.41, 5.74) is 1.01. The third-order valence-electron chi connectivity index (χ3n) is 6.06. The zero-order valence-electron chi connectivity index (χ0n) is 18.7. The summed E-state index contributed by atoms with van der Waals surface area (Å²) in [5.74, 6) is 0.0231. The molecule has 0 aliphatic carbocycles. The summed E-state index contributed by atoms with van der Waals surface area (Å²) < 4.78 is 5.53. The number of para-hydroxylation sites is 1. The molecule has 0 radical (unpaired) electrons. The summed E-state index contributed by atoms with van der Waals surface area (Å²) in [4.78, 5) is 32.0.